The molecule has 1 aromatic carbocycles. The van der Waals surface area contributed by atoms with Gasteiger partial charge < -0.3 is 14.6 Å². The van der Waals surface area contributed by atoms with Crippen LogP contribution >= 0.6 is 24.0 Å². The van der Waals surface area contributed by atoms with E-state index in [1.165, 1.54) is 0 Å². The van der Waals surface area contributed by atoms with Crippen molar-refractivity contribution in [3.05, 3.63) is 108 Å². The van der Waals surface area contributed by atoms with E-state index < -0.39 is 0 Å². The Hall–Kier alpha value is -3.16. The number of furan rings is 1. The van der Waals surface area contributed by atoms with Crippen molar-refractivity contribution < 1.29 is 4.42 Å². The highest BCUT2D eigenvalue weighted by Gasteiger charge is 2.41. The molecule has 0 saturated carbocycles. The van der Waals surface area contributed by atoms with E-state index in [0.717, 1.165) is 27.0 Å². The van der Waals surface area contributed by atoms with Gasteiger partial charge in [-0.25, -0.2) is 0 Å². The SMILES string of the molecule is S=C1N[C@@H](c2ccccn2)[C@H](c2ccc(Sc3ccccc3)o2)N1Cc1cccnc1. The van der Waals surface area contributed by atoms with Crippen molar-refractivity contribution in [3.8, 4) is 0 Å². The summed E-state index contributed by atoms with van der Waals surface area (Å²) in [7, 11) is 0. The lowest BCUT2D eigenvalue weighted by atomic mass is 10.0. The molecule has 154 valence electrons. The molecule has 0 amide bonds. The molecule has 1 N–H and O–H groups in total. The Bertz CT molecular complexity index is 1150. The van der Waals surface area contributed by atoms with Gasteiger partial charge in [-0.05, 0) is 60.2 Å². The first-order valence-electron chi connectivity index (χ1n) is 9.97. The van der Waals surface area contributed by atoms with E-state index in [1.807, 2.05) is 60.8 Å². The molecular weight excluding hydrogens is 424 g/mol. The molecule has 7 heteroatoms. The van der Waals surface area contributed by atoms with Crippen LogP contribution in [0, 0.1) is 0 Å². The van der Waals surface area contributed by atoms with E-state index in [2.05, 4.69) is 38.4 Å². The molecule has 0 bridgehead atoms. The topological polar surface area (TPSA) is 54.2 Å². The van der Waals surface area contributed by atoms with Crippen LogP contribution in [-0.4, -0.2) is 20.0 Å². The molecule has 3 aromatic heterocycles. The number of rotatable bonds is 6. The predicted octanol–water partition coefficient (Wildman–Crippen LogP) is 5.39. The summed E-state index contributed by atoms with van der Waals surface area (Å²) in [6, 6.07) is 24.0. The number of pyridine rings is 2. The van der Waals surface area contributed by atoms with Crippen molar-refractivity contribution in [3.63, 3.8) is 0 Å². The van der Waals surface area contributed by atoms with Crippen LogP contribution < -0.4 is 5.32 Å². The maximum absolute atomic E-state index is 6.32. The number of benzene rings is 1. The second-order valence-corrected chi connectivity index (χ2v) is 8.65. The number of aromatic nitrogens is 2. The Morgan fingerprint density at radius 2 is 1.84 bits per heavy atom. The summed E-state index contributed by atoms with van der Waals surface area (Å²) in [5, 5.41) is 4.98. The number of thiocarbonyl (C=S) groups is 1. The number of hydrogen-bond donors (Lipinski definition) is 1. The van der Waals surface area contributed by atoms with E-state index in [4.69, 9.17) is 16.6 Å². The summed E-state index contributed by atoms with van der Waals surface area (Å²) in [5.41, 5.74) is 2.01. The predicted molar refractivity (Wildman–Crippen MR) is 125 cm³/mol. The van der Waals surface area contributed by atoms with Crippen molar-refractivity contribution in [2.24, 2.45) is 0 Å². The minimum atomic E-state index is -0.118. The first-order chi connectivity index (χ1) is 15.3. The van der Waals surface area contributed by atoms with Gasteiger partial charge in [0.1, 0.15) is 11.8 Å². The maximum Gasteiger partial charge on any atom is 0.170 e. The van der Waals surface area contributed by atoms with Crippen LogP contribution in [0.5, 0.6) is 0 Å². The first kappa shape index (κ1) is 19.8. The average molecular weight is 445 g/mol. The van der Waals surface area contributed by atoms with Crippen molar-refractivity contribution in [1.29, 1.82) is 0 Å². The largest absolute Gasteiger partial charge is 0.452 e. The van der Waals surface area contributed by atoms with Gasteiger partial charge in [0.2, 0.25) is 0 Å². The standard InChI is InChI=1S/C24H20N4OS2/c30-24-27-22(19-10-4-5-14-26-19)23(28(24)16-17-7-6-13-25-15-17)20-11-12-21(29-20)31-18-8-2-1-3-9-18/h1-15,22-23H,16H2,(H,27,30)/t22-,23-/m0/s1. The molecule has 1 aliphatic heterocycles. The molecule has 2 atom stereocenters. The van der Waals surface area contributed by atoms with Gasteiger partial charge in [0.25, 0.3) is 0 Å². The molecule has 0 spiro atoms. The summed E-state index contributed by atoms with van der Waals surface area (Å²) < 4.78 is 6.32. The van der Waals surface area contributed by atoms with Crippen LogP contribution in [-0.2, 0) is 6.54 Å². The molecule has 31 heavy (non-hydrogen) atoms. The molecule has 5 rings (SSSR count). The average Bonchev–Trinajstić information content (AvgIpc) is 3.40. The van der Waals surface area contributed by atoms with Crippen LogP contribution in [0.4, 0.5) is 0 Å². The highest BCUT2D eigenvalue weighted by atomic mass is 32.2. The van der Waals surface area contributed by atoms with Crippen LogP contribution in [0.15, 0.2) is 106 Å². The molecule has 1 saturated heterocycles. The molecule has 5 nitrogen and oxygen atoms in total. The molecular formula is C24H20N4OS2. The van der Waals surface area contributed by atoms with E-state index in [9.17, 15) is 0 Å². The number of nitrogens with zero attached hydrogens (tertiary/aromatic N) is 3. The lowest BCUT2D eigenvalue weighted by molar-refractivity contribution is 0.254. The number of nitrogens with one attached hydrogen (secondary N) is 1. The van der Waals surface area contributed by atoms with Gasteiger partial charge in [0.15, 0.2) is 10.2 Å². The van der Waals surface area contributed by atoms with Gasteiger partial charge in [-0.15, -0.1) is 0 Å². The van der Waals surface area contributed by atoms with Gasteiger partial charge in [-0.3, -0.25) is 9.97 Å². The zero-order valence-electron chi connectivity index (χ0n) is 16.6. The minimum absolute atomic E-state index is 0.105. The summed E-state index contributed by atoms with van der Waals surface area (Å²) in [5.74, 6) is 0.852. The van der Waals surface area contributed by atoms with Gasteiger partial charge in [0.05, 0.1) is 11.7 Å². The Kier molecular flexibility index (Phi) is 5.69. The molecule has 1 fully saturated rings. The smallest absolute Gasteiger partial charge is 0.170 e. The van der Waals surface area contributed by atoms with Crippen molar-refractivity contribution in [2.75, 3.05) is 0 Å². The highest BCUT2D eigenvalue weighted by molar-refractivity contribution is 7.99. The Balaban J connectivity index is 1.48. The molecule has 0 aliphatic carbocycles. The lowest BCUT2D eigenvalue weighted by Gasteiger charge is -2.26. The molecule has 0 radical (unpaired) electrons. The van der Waals surface area contributed by atoms with Crippen molar-refractivity contribution in [1.82, 2.24) is 20.2 Å². The van der Waals surface area contributed by atoms with Gasteiger partial charge >= 0.3 is 0 Å². The molecule has 4 heterocycles. The summed E-state index contributed by atoms with van der Waals surface area (Å²) in [6.45, 7) is 0.634. The highest BCUT2D eigenvalue weighted by Crippen LogP contribution is 2.41. The third-order valence-corrected chi connectivity index (χ3v) is 6.41. The Morgan fingerprint density at radius 1 is 0.968 bits per heavy atom. The quantitative estimate of drug-likeness (QED) is 0.400. The van der Waals surface area contributed by atoms with Crippen LogP contribution in [0.2, 0.25) is 0 Å². The van der Waals surface area contributed by atoms with Crippen LogP contribution in [0.3, 0.4) is 0 Å². The first-order valence-corrected chi connectivity index (χ1v) is 11.2. The third kappa shape index (κ3) is 4.33. The second-order valence-electron chi connectivity index (χ2n) is 7.19. The monoisotopic (exact) mass is 444 g/mol. The van der Waals surface area contributed by atoms with E-state index in [0.29, 0.717) is 11.7 Å². The second kappa shape index (κ2) is 8.91. The van der Waals surface area contributed by atoms with Crippen molar-refractivity contribution in [2.45, 2.75) is 28.6 Å². The van der Waals surface area contributed by atoms with Gasteiger partial charge in [-0.2, -0.15) is 0 Å². The molecule has 4 aromatic rings. The molecule has 0 unspecified atom stereocenters. The van der Waals surface area contributed by atoms with Crippen LogP contribution in [0.1, 0.15) is 29.1 Å². The van der Waals surface area contributed by atoms with E-state index >= 15 is 0 Å². The molecule has 1 aliphatic rings. The fraction of sp³-hybridized carbons (Fsp3) is 0.125. The van der Waals surface area contributed by atoms with Crippen molar-refractivity contribution >= 4 is 29.1 Å². The zero-order valence-corrected chi connectivity index (χ0v) is 18.2. The summed E-state index contributed by atoms with van der Waals surface area (Å²) in [6.07, 6.45) is 5.45. The fourth-order valence-electron chi connectivity index (χ4n) is 3.73. The van der Waals surface area contributed by atoms with Gasteiger partial charge in [-0.1, -0.05) is 42.1 Å². The summed E-state index contributed by atoms with van der Waals surface area (Å²) >= 11 is 7.33. The fourth-order valence-corrected chi connectivity index (χ4v) is 4.83. The summed E-state index contributed by atoms with van der Waals surface area (Å²) in [4.78, 5) is 12.1. The zero-order chi connectivity index (χ0) is 21.0. The maximum atomic E-state index is 6.32. The van der Waals surface area contributed by atoms with Crippen LogP contribution in [0.25, 0.3) is 0 Å². The lowest BCUT2D eigenvalue weighted by Crippen LogP contribution is -2.29. The Morgan fingerprint density at radius 3 is 2.61 bits per heavy atom. The van der Waals surface area contributed by atoms with E-state index in [1.54, 1.807) is 24.2 Å². The minimum Gasteiger partial charge on any atom is -0.452 e. The van der Waals surface area contributed by atoms with Gasteiger partial charge in [0, 0.05) is 30.0 Å². The normalized spacial score (nSPS) is 18.2. The van der Waals surface area contributed by atoms with E-state index in [-0.39, 0.29) is 12.1 Å². The number of hydrogen-bond acceptors (Lipinski definition) is 5. The third-order valence-electron chi connectivity index (χ3n) is 5.13. The Labute approximate surface area is 190 Å².